The molecule has 0 radical (unpaired) electrons. The van der Waals surface area contributed by atoms with Crippen LogP contribution in [0.2, 0.25) is 0 Å². The maximum atomic E-state index is 10.9. The molecule has 0 aliphatic heterocycles. The van der Waals surface area contributed by atoms with Crippen molar-refractivity contribution in [1.82, 2.24) is 4.90 Å². The molecule has 1 N–H and O–H groups in total. The molecular formula is C16H31NO. The van der Waals surface area contributed by atoms with Crippen molar-refractivity contribution >= 4 is 0 Å². The molecule has 0 aromatic rings. The van der Waals surface area contributed by atoms with Crippen molar-refractivity contribution in [3.63, 3.8) is 0 Å². The Morgan fingerprint density at radius 3 is 2.17 bits per heavy atom. The summed E-state index contributed by atoms with van der Waals surface area (Å²) in [4.78, 5) is 2.49. The van der Waals surface area contributed by atoms with Crippen molar-refractivity contribution in [2.45, 2.75) is 65.9 Å². The van der Waals surface area contributed by atoms with Crippen LogP contribution in [0.25, 0.3) is 0 Å². The topological polar surface area (TPSA) is 23.5 Å². The Hall–Kier alpha value is -0.0800. The van der Waals surface area contributed by atoms with Crippen molar-refractivity contribution in [2.75, 3.05) is 19.6 Å². The van der Waals surface area contributed by atoms with Gasteiger partial charge in [-0.2, -0.15) is 0 Å². The van der Waals surface area contributed by atoms with Gasteiger partial charge in [0.2, 0.25) is 0 Å². The first-order valence-electron chi connectivity index (χ1n) is 7.75. The van der Waals surface area contributed by atoms with Crippen LogP contribution in [-0.2, 0) is 0 Å². The fraction of sp³-hybridized carbons (Fsp3) is 1.00. The number of nitrogens with zero attached hydrogens (tertiary/aromatic N) is 1. The fourth-order valence-electron chi connectivity index (χ4n) is 5.10. The van der Waals surface area contributed by atoms with Crippen LogP contribution in [0.5, 0.6) is 0 Å². The SMILES string of the molecule is CCN(CC)CC[C@@]12CC[C@@H](C[C@]1(C)O)C2(C)C. The van der Waals surface area contributed by atoms with Crippen LogP contribution in [0, 0.1) is 16.7 Å². The van der Waals surface area contributed by atoms with Crippen LogP contribution >= 0.6 is 0 Å². The summed E-state index contributed by atoms with van der Waals surface area (Å²) in [6, 6.07) is 0. The van der Waals surface area contributed by atoms with E-state index in [-0.39, 0.29) is 5.41 Å². The summed E-state index contributed by atoms with van der Waals surface area (Å²) in [6.45, 7) is 14.7. The Kier molecular flexibility index (Phi) is 3.57. The molecule has 0 aromatic carbocycles. The molecule has 2 heteroatoms. The van der Waals surface area contributed by atoms with E-state index in [4.69, 9.17) is 0 Å². The van der Waals surface area contributed by atoms with Gasteiger partial charge in [0.15, 0.2) is 0 Å². The number of rotatable bonds is 5. The van der Waals surface area contributed by atoms with E-state index < -0.39 is 5.60 Å². The molecule has 2 rings (SSSR count). The third-order valence-electron chi connectivity index (χ3n) is 6.60. The molecule has 2 aliphatic rings. The Morgan fingerprint density at radius 2 is 1.78 bits per heavy atom. The minimum Gasteiger partial charge on any atom is -0.390 e. The Labute approximate surface area is 113 Å². The molecule has 0 unspecified atom stereocenters. The normalized spacial score (nSPS) is 41.8. The zero-order valence-electron chi connectivity index (χ0n) is 12.9. The number of hydrogen-bond acceptors (Lipinski definition) is 2. The van der Waals surface area contributed by atoms with Crippen LogP contribution in [0.3, 0.4) is 0 Å². The maximum Gasteiger partial charge on any atom is 0.0684 e. The fourth-order valence-corrected chi connectivity index (χ4v) is 5.10. The summed E-state index contributed by atoms with van der Waals surface area (Å²) in [5.41, 5.74) is 0.00345. The number of hydrogen-bond donors (Lipinski definition) is 1. The van der Waals surface area contributed by atoms with Crippen LogP contribution in [0.1, 0.15) is 60.3 Å². The molecular weight excluding hydrogens is 222 g/mol. The van der Waals surface area contributed by atoms with E-state index >= 15 is 0 Å². The summed E-state index contributed by atoms with van der Waals surface area (Å²) in [7, 11) is 0. The second kappa shape index (κ2) is 4.49. The Morgan fingerprint density at radius 1 is 1.17 bits per heavy atom. The van der Waals surface area contributed by atoms with Gasteiger partial charge in [0.1, 0.15) is 0 Å². The lowest BCUT2D eigenvalue weighted by molar-refractivity contribution is -0.0946. The molecule has 106 valence electrons. The molecule has 2 saturated carbocycles. The summed E-state index contributed by atoms with van der Waals surface area (Å²) in [5, 5.41) is 10.9. The molecule has 2 fully saturated rings. The van der Waals surface area contributed by atoms with Gasteiger partial charge in [-0.15, -0.1) is 0 Å². The lowest BCUT2D eigenvalue weighted by Crippen LogP contribution is -2.49. The molecule has 18 heavy (non-hydrogen) atoms. The number of fused-ring (bicyclic) bond motifs is 2. The zero-order valence-corrected chi connectivity index (χ0v) is 12.9. The molecule has 0 spiro atoms. The van der Waals surface area contributed by atoms with Gasteiger partial charge in [0, 0.05) is 5.41 Å². The quantitative estimate of drug-likeness (QED) is 0.812. The molecule has 2 bridgehead atoms. The first-order valence-corrected chi connectivity index (χ1v) is 7.75. The van der Waals surface area contributed by atoms with Gasteiger partial charge < -0.3 is 10.0 Å². The highest BCUT2D eigenvalue weighted by molar-refractivity contribution is 5.18. The largest absolute Gasteiger partial charge is 0.390 e. The first-order chi connectivity index (χ1) is 8.30. The predicted molar refractivity (Wildman–Crippen MR) is 76.6 cm³/mol. The van der Waals surface area contributed by atoms with Gasteiger partial charge in [-0.25, -0.2) is 0 Å². The standard InChI is InChI=1S/C16H31NO/c1-6-17(7-2)11-10-16-9-8-13(14(16,3)4)12-15(16,5)18/h13,18H,6-12H2,1-5H3/t13-,15-,16+/m0/s1. The van der Waals surface area contributed by atoms with Crippen LogP contribution < -0.4 is 0 Å². The highest BCUT2D eigenvalue weighted by Gasteiger charge is 2.68. The zero-order chi connectivity index (χ0) is 13.6. The lowest BCUT2D eigenvalue weighted by Gasteiger charge is -2.47. The highest BCUT2D eigenvalue weighted by atomic mass is 16.3. The van der Waals surface area contributed by atoms with Gasteiger partial charge in [-0.3, -0.25) is 0 Å². The van der Waals surface area contributed by atoms with E-state index in [0.29, 0.717) is 5.41 Å². The van der Waals surface area contributed by atoms with E-state index in [2.05, 4.69) is 39.5 Å². The molecule has 0 amide bonds. The molecule has 0 aromatic heterocycles. The summed E-state index contributed by atoms with van der Waals surface area (Å²) >= 11 is 0. The van der Waals surface area contributed by atoms with Crippen molar-refractivity contribution in [1.29, 1.82) is 0 Å². The second-order valence-corrected chi connectivity index (χ2v) is 7.29. The molecule has 2 aliphatic carbocycles. The first kappa shape index (κ1) is 14.3. The van der Waals surface area contributed by atoms with Gasteiger partial charge in [-0.05, 0) is 63.6 Å². The lowest BCUT2D eigenvalue weighted by atomic mass is 9.61. The van der Waals surface area contributed by atoms with Crippen molar-refractivity contribution in [3.8, 4) is 0 Å². The predicted octanol–water partition coefficient (Wildman–Crippen LogP) is 3.30. The third-order valence-corrected chi connectivity index (χ3v) is 6.60. The minimum absolute atomic E-state index is 0.146. The third kappa shape index (κ3) is 1.76. The molecule has 0 saturated heterocycles. The molecule has 3 atom stereocenters. The van der Waals surface area contributed by atoms with E-state index in [1.54, 1.807) is 0 Å². The van der Waals surface area contributed by atoms with E-state index in [9.17, 15) is 5.11 Å². The second-order valence-electron chi connectivity index (χ2n) is 7.29. The molecule has 0 heterocycles. The van der Waals surface area contributed by atoms with Crippen LogP contribution in [0.15, 0.2) is 0 Å². The van der Waals surface area contributed by atoms with Crippen molar-refractivity contribution in [2.24, 2.45) is 16.7 Å². The van der Waals surface area contributed by atoms with E-state index in [1.165, 1.54) is 12.8 Å². The van der Waals surface area contributed by atoms with Gasteiger partial charge in [-0.1, -0.05) is 27.7 Å². The van der Waals surface area contributed by atoms with E-state index in [0.717, 1.165) is 38.4 Å². The monoisotopic (exact) mass is 253 g/mol. The Bertz CT molecular complexity index is 306. The molecule has 2 nitrogen and oxygen atoms in total. The van der Waals surface area contributed by atoms with Crippen LogP contribution in [0.4, 0.5) is 0 Å². The number of aliphatic hydroxyl groups is 1. The summed E-state index contributed by atoms with van der Waals surface area (Å²) in [5.74, 6) is 0.726. The highest BCUT2D eigenvalue weighted by Crippen LogP contribution is 2.71. The average molecular weight is 253 g/mol. The Balaban J connectivity index is 2.17. The van der Waals surface area contributed by atoms with Crippen LogP contribution in [-0.4, -0.2) is 35.2 Å². The average Bonchev–Trinajstić information content (AvgIpc) is 2.61. The van der Waals surface area contributed by atoms with Crippen molar-refractivity contribution in [3.05, 3.63) is 0 Å². The van der Waals surface area contributed by atoms with Gasteiger partial charge >= 0.3 is 0 Å². The summed E-state index contributed by atoms with van der Waals surface area (Å²) < 4.78 is 0. The van der Waals surface area contributed by atoms with E-state index in [1.807, 2.05) is 0 Å². The summed E-state index contributed by atoms with van der Waals surface area (Å²) in [6.07, 6.45) is 4.71. The van der Waals surface area contributed by atoms with Gasteiger partial charge in [0.25, 0.3) is 0 Å². The minimum atomic E-state index is -0.452. The maximum absolute atomic E-state index is 10.9. The van der Waals surface area contributed by atoms with Crippen molar-refractivity contribution < 1.29 is 5.11 Å². The van der Waals surface area contributed by atoms with Gasteiger partial charge in [0.05, 0.1) is 5.60 Å². The smallest absolute Gasteiger partial charge is 0.0684 e.